The Morgan fingerprint density at radius 1 is 1.53 bits per heavy atom. The molecule has 1 aliphatic rings. The average Bonchev–Trinajstić information content (AvgIpc) is 3.11. The van der Waals surface area contributed by atoms with Crippen molar-refractivity contribution >= 4 is 5.91 Å². The Morgan fingerprint density at radius 3 is 2.94 bits per heavy atom. The lowest BCUT2D eigenvalue weighted by Gasteiger charge is -2.07. The summed E-state index contributed by atoms with van der Waals surface area (Å²) in [6, 6.07) is 5.83. The molecular weight excluding hydrogens is 214 g/mol. The second-order valence-electron chi connectivity index (χ2n) is 4.19. The van der Waals surface area contributed by atoms with Crippen LogP contribution in [0.2, 0.25) is 0 Å². The van der Waals surface area contributed by atoms with Gasteiger partial charge < -0.3 is 10.4 Å². The Labute approximate surface area is 101 Å². The van der Waals surface area contributed by atoms with E-state index in [1.54, 1.807) is 6.07 Å². The molecule has 0 unspecified atom stereocenters. The molecule has 17 heavy (non-hydrogen) atoms. The fraction of sp³-hybridized carbons (Fsp3) is 0.357. The lowest BCUT2D eigenvalue weighted by molar-refractivity contribution is 0.0950. The number of carbonyl (C=O) groups is 1. The first-order valence-corrected chi connectivity index (χ1v) is 5.72. The number of benzene rings is 1. The van der Waals surface area contributed by atoms with E-state index in [2.05, 4.69) is 17.2 Å². The lowest BCUT2D eigenvalue weighted by Crippen LogP contribution is -2.26. The zero-order valence-corrected chi connectivity index (χ0v) is 9.79. The molecule has 3 heteroatoms. The number of hydrogen-bond donors (Lipinski definition) is 2. The normalized spacial score (nSPS) is 13.8. The van der Waals surface area contributed by atoms with Gasteiger partial charge in [-0.1, -0.05) is 17.9 Å². The van der Waals surface area contributed by atoms with E-state index in [-0.39, 0.29) is 12.5 Å². The number of nitrogens with one attached hydrogen (secondary N) is 1. The van der Waals surface area contributed by atoms with Gasteiger partial charge >= 0.3 is 0 Å². The number of carbonyl (C=O) groups excluding carboxylic acids is 1. The Kier molecular flexibility index (Phi) is 3.46. The third-order valence-electron chi connectivity index (χ3n) is 2.79. The summed E-state index contributed by atoms with van der Waals surface area (Å²) in [5, 5.41) is 11.6. The topological polar surface area (TPSA) is 49.3 Å². The number of rotatable bonds is 2. The van der Waals surface area contributed by atoms with Crippen LogP contribution < -0.4 is 5.32 Å². The molecule has 1 fully saturated rings. The summed E-state index contributed by atoms with van der Waals surface area (Å²) in [6.07, 6.45) is 2.16. The summed E-state index contributed by atoms with van der Waals surface area (Å²) in [6.45, 7) is 1.71. The van der Waals surface area contributed by atoms with Gasteiger partial charge in [-0.25, -0.2) is 0 Å². The van der Waals surface area contributed by atoms with Gasteiger partial charge in [-0.2, -0.15) is 0 Å². The summed E-state index contributed by atoms with van der Waals surface area (Å²) < 4.78 is 0. The van der Waals surface area contributed by atoms with Crippen LogP contribution >= 0.6 is 0 Å². The molecule has 88 valence electrons. The predicted octanol–water partition coefficient (Wildman–Crippen LogP) is 1.23. The van der Waals surface area contributed by atoms with Crippen molar-refractivity contribution in [3.8, 4) is 11.8 Å². The summed E-state index contributed by atoms with van der Waals surface area (Å²) in [5.74, 6) is 5.42. The molecule has 1 aromatic carbocycles. The highest BCUT2D eigenvalue weighted by molar-refractivity contribution is 5.96. The van der Waals surface area contributed by atoms with Gasteiger partial charge in [0.05, 0.1) is 0 Å². The van der Waals surface area contributed by atoms with Crippen molar-refractivity contribution in [2.24, 2.45) is 0 Å². The molecule has 2 rings (SSSR count). The minimum atomic E-state index is -0.169. The van der Waals surface area contributed by atoms with Gasteiger partial charge in [-0.05, 0) is 37.5 Å². The molecular formula is C14H15NO2. The van der Waals surface area contributed by atoms with Gasteiger partial charge in [0.2, 0.25) is 0 Å². The Balaban J connectivity index is 2.24. The van der Waals surface area contributed by atoms with Crippen molar-refractivity contribution in [1.82, 2.24) is 5.32 Å². The van der Waals surface area contributed by atoms with E-state index >= 15 is 0 Å². The SMILES string of the molecule is Cc1c(C#CCO)cccc1C(=O)NC1CC1. The van der Waals surface area contributed by atoms with Crippen LogP contribution in [0.3, 0.4) is 0 Å². The number of amides is 1. The molecule has 0 bridgehead atoms. The van der Waals surface area contributed by atoms with E-state index in [1.807, 2.05) is 19.1 Å². The van der Waals surface area contributed by atoms with E-state index in [1.165, 1.54) is 0 Å². The fourth-order valence-electron chi connectivity index (χ4n) is 1.64. The molecule has 3 nitrogen and oxygen atoms in total. The van der Waals surface area contributed by atoms with Crippen molar-refractivity contribution < 1.29 is 9.90 Å². The zero-order chi connectivity index (χ0) is 12.3. The van der Waals surface area contributed by atoms with Gasteiger partial charge in [-0.15, -0.1) is 0 Å². The summed E-state index contributed by atoms with van der Waals surface area (Å²) in [7, 11) is 0. The standard InChI is InChI=1S/C14H15NO2/c1-10-11(5-3-9-16)4-2-6-13(10)14(17)15-12-7-8-12/h2,4,6,12,16H,7-9H2,1H3,(H,15,17). The Hall–Kier alpha value is -1.79. The van der Waals surface area contributed by atoms with Crippen molar-refractivity contribution in [2.75, 3.05) is 6.61 Å². The molecule has 0 aliphatic heterocycles. The average molecular weight is 229 g/mol. The van der Waals surface area contributed by atoms with Gasteiger partial charge in [0.25, 0.3) is 5.91 Å². The van der Waals surface area contributed by atoms with Crippen LogP contribution in [0.15, 0.2) is 18.2 Å². The second-order valence-corrected chi connectivity index (χ2v) is 4.19. The summed E-state index contributed by atoms with van der Waals surface area (Å²) >= 11 is 0. The van der Waals surface area contributed by atoms with E-state index in [4.69, 9.17) is 5.11 Å². The van der Waals surface area contributed by atoms with Crippen LogP contribution in [0.5, 0.6) is 0 Å². The van der Waals surface area contributed by atoms with E-state index in [0.717, 1.165) is 24.0 Å². The summed E-state index contributed by atoms with van der Waals surface area (Å²) in [5.41, 5.74) is 2.33. The van der Waals surface area contributed by atoms with Gasteiger partial charge in [0.15, 0.2) is 0 Å². The molecule has 0 radical (unpaired) electrons. The second kappa shape index (κ2) is 5.03. The first-order chi connectivity index (χ1) is 8.22. The maximum atomic E-state index is 11.9. The Bertz CT molecular complexity index is 493. The highest BCUT2D eigenvalue weighted by Gasteiger charge is 2.24. The van der Waals surface area contributed by atoms with Gasteiger partial charge in [0.1, 0.15) is 6.61 Å². The monoisotopic (exact) mass is 229 g/mol. The predicted molar refractivity (Wildman–Crippen MR) is 65.6 cm³/mol. The molecule has 1 amide bonds. The molecule has 1 aliphatic carbocycles. The molecule has 0 spiro atoms. The van der Waals surface area contributed by atoms with Crippen molar-refractivity contribution in [1.29, 1.82) is 0 Å². The molecule has 1 aromatic rings. The minimum Gasteiger partial charge on any atom is -0.384 e. The van der Waals surface area contributed by atoms with Crippen molar-refractivity contribution in [3.05, 3.63) is 34.9 Å². The smallest absolute Gasteiger partial charge is 0.251 e. The fourth-order valence-corrected chi connectivity index (χ4v) is 1.64. The first-order valence-electron chi connectivity index (χ1n) is 5.72. The van der Waals surface area contributed by atoms with Gasteiger partial charge in [-0.3, -0.25) is 4.79 Å². The van der Waals surface area contributed by atoms with Crippen molar-refractivity contribution in [2.45, 2.75) is 25.8 Å². The van der Waals surface area contributed by atoms with Crippen LogP contribution in [0, 0.1) is 18.8 Å². The molecule has 0 atom stereocenters. The van der Waals surface area contributed by atoms with Crippen LogP contribution in [0.1, 0.15) is 34.3 Å². The van der Waals surface area contributed by atoms with Crippen LogP contribution in [0.25, 0.3) is 0 Å². The third-order valence-corrected chi connectivity index (χ3v) is 2.79. The van der Waals surface area contributed by atoms with E-state index < -0.39 is 0 Å². The lowest BCUT2D eigenvalue weighted by atomic mass is 10.0. The quantitative estimate of drug-likeness (QED) is 0.749. The molecule has 1 saturated carbocycles. The third kappa shape index (κ3) is 2.86. The highest BCUT2D eigenvalue weighted by Crippen LogP contribution is 2.20. The number of aliphatic hydroxyl groups excluding tert-OH is 1. The van der Waals surface area contributed by atoms with Crippen LogP contribution in [-0.2, 0) is 0 Å². The highest BCUT2D eigenvalue weighted by atomic mass is 16.2. The summed E-state index contributed by atoms with van der Waals surface area (Å²) in [4.78, 5) is 11.9. The molecule has 0 saturated heterocycles. The Morgan fingerprint density at radius 2 is 2.29 bits per heavy atom. The number of hydrogen-bond acceptors (Lipinski definition) is 2. The first kappa shape index (κ1) is 11.7. The number of aliphatic hydroxyl groups is 1. The van der Waals surface area contributed by atoms with E-state index in [0.29, 0.717) is 11.6 Å². The van der Waals surface area contributed by atoms with Crippen LogP contribution in [0.4, 0.5) is 0 Å². The molecule has 2 N–H and O–H groups in total. The molecule has 0 aromatic heterocycles. The van der Waals surface area contributed by atoms with E-state index in [9.17, 15) is 4.79 Å². The van der Waals surface area contributed by atoms with Gasteiger partial charge in [0, 0.05) is 17.2 Å². The largest absolute Gasteiger partial charge is 0.384 e. The minimum absolute atomic E-state index is 0.0300. The maximum absolute atomic E-state index is 11.9. The maximum Gasteiger partial charge on any atom is 0.251 e. The van der Waals surface area contributed by atoms with Crippen molar-refractivity contribution in [3.63, 3.8) is 0 Å². The van der Waals surface area contributed by atoms with Crippen LogP contribution in [-0.4, -0.2) is 23.7 Å². The molecule has 0 heterocycles. The zero-order valence-electron chi connectivity index (χ0n) is 9.79.